The molecule has 70 heavy (non-hydrogen) atoms. The molecule has 0 aliphatic rings. The Hall–Kier alpha value is -6.74. The Morgan fingerprint density at radius 1 is 0.486 bits per heavy atom. The van der Waals surface area contributed by atoms with Gasteiger partial charge in [0.05, 0.1) is 13.2 Å². The number of carbonyl (C=O) groups excluding carboxylic acids is 1. The summed E-state index contributed by atoms with van der Waals surface area (Å²) in [4.78, 5) is 20.0. The van der Waals surface area contributed by atoms with Gasteiger partial charge in [-0.05, 0) is 162 Å². The molecule has 0 unspecified atom stereocenters. The van der Waals surface area contributed by atoms with Gasteiger partial charge < -0.3 is 19.1 Å². The number of unbranched alkanes of at least 4 members (excludes halogenated alkanes) is 6. The zero-order valence-electron chi connectivity index (χ0n) is 39.4. The zero-order valence-corrected chi connectivity index (χ0v) is 42.7. The predicted octanol–water partition coefficient (Wildman–Crippen LogP) is 18.8. The molecule has 0 saturated heterocycles. The van der Waals surface area contributed by atoms with Crippen LogP contribution in [0.2, 0.25) is 0 Å². The fourth-order valence-electron chi connectivity index (χ4n) is 8.28. The second kappa shape index (κ2) is 23.7. The van der Waals surface area contributed by atoms with Crippen LogP contribution in [0.1, 0.15) is 70.1 Å². The van der Waals surface area contributed by atoms with Crippen LogP contribution in [0, 0.1) is 11.3 Å². The Bertz CT molecular complexity index is 3000. The van der Waals surface area contributed by atoms with Crippen molar-refractivity contribution in [2.45, 2.75) is 65.2 Å². The largest absolute Gasteiger partial charge is 0.494 e. The van der Waals surface area contributed by atoms with Crippen molar-refractivity contribution in [1.29, 1.82) is 5.26 Å². The Labute approximate surface area is 427 Å². The first-order valence-corrected chi connectivity index (χ1v) is 27.3. The van der Waals surface area contributed by atoms with Crippen molar-refractivity contribution in [3.05, 3.63) is 168 Å². The minimum absolute atomic E-state index is 0.0258. The number of ether oxygens (including phenoxy) is 3. The van der Waals surface area contributed by atoms with Gasteiger partial charge in [0.15, 0.2) is 0 Å². The van der Waals surface area contributed by atoms with E-state index in [0.717, 1.165) is 79.3 Å². The van der Waals surface area contributed by atoms with Crippen LogP contribution in [-0.2, 0) is 9.53 Å². The SMILES string of the molecule is CCCCCCOc1ccc(-c2ccc(-c3ccc(N(c4ccc(-c5ccc(-c6ccc(OCCCCCC)cc6)s5)cc4)c4ccc(-c5cc6sc(/C=C(\C#N)OC=O)cc6s5)cc4)cc3)s2)cc1. The number of hydrogen-bond acceptors (Lipinski definition) is 10. The van der Waals surface area contributed by atoms with Crippen LogP contribution in [0.4, 0.5) is 17.1 Å². The average Bonchev–Trinajstić information content (AvgIpc) is 4.24. The summed E-state index contributed by atoms with van der Waals surface area (Å²) in [7, 11) is 0. The molecule has 9 aromatic rings. The lowest BCUT2D eigenvalue weighted by molar-refractivity contribution is -0.124. The van der Waals surface area contributed by atoms with Gasteiger partial charge in [-0.25, -0.2) is 0 Å². The highest BCUT2D eigenvalue weighted by atomic mass is 32.1. The summed E-state index contributed by atoms with van der Waals surface area (Å²) < 4.78 is 19.0. The summed E-state index contributed by atoms with van der Waals surface area (Å²) in [5.74, 6) is 1.82. The van der Waals surface area contributed by atoms with E-state index in [9.17, 15) is 10.1 Å². The molecule has 352 valence electrons. The Morgan fingerprint density at radius 3 is 1.27 bits per heavy atom. The topological polar surface area (TPSA) is 71.8 Å². The van der Waals surface area contributed by atoms with Crippen LogP contribution in [0.5, 0.6) is 11.5 Å². The van der Waals surface area contributed by atoms with Crippen LogP contribution in [0.3, 0.4) is 0 Å². The number of carbonyl (C=O) groups is 1. The van der Waals surface area contributed by atoms with Gasteiger partial charge in [-0.3, -0.25) is 4.79 Å². The second-order valence-corrected chi connectivity index (χ2v) is 21.4. The Balaban J connectivity index is 0.946. The molecule has 0 spiro atoms. The normalized spacial score (nSPS) is 11.4. The molecule has 0 fully saturated rings. The maximum atomic E-state index is 10.8. The zero-order chi connectivity index (χ0) is 48.1. The molecule has 0 aliphatic carbocycles. The number of thiophene rings is 4. The Kier molecular flexibility index (Phi) is 16.4. The molecule has 4 heterocycles. The van der Waals surface area contributed by atoms with Crippen molar-refractivity contribution in [3.8, 4) is 69.8 Å². The minimum atomic E-state index is -0.0258. The van der Waals surface area contributed by atoms with E-state index in [2.05, 4.69) is 170 Å². The quantitative estimate of drug-likeness (QED) is 0.0275. The van der Waals surface area contributed by atoms with Crippen molar-refractivity contribution in [3.63, 3.8) is 0 Å². The molecule has 4 aromatic heterocycles. The summed E-state index contributed by atoms with van der Waals surface area (Å²) in [6.07, 6.45) is 11.2. The van der Waals surface area contributed by atoms with E-state index in [1.54, 1.807) is 51.4 Å². The highest BCUT2D eigenvalue weighted by molar-refractivity contribution is 7.29. The summed E-state index contributed by atoms with van der Waals surface area (Å²) >= 11 is 6.87. The average molecular weight is 995 g/mol. The van der Waals surface area contributed by atoms with Crippen LogP contribution < -0.4 is 14.4 Å². The third kappa shape index (κ3) is 12.0. The molecule has 0 bridgehead atoms. The molecular weight excluding hydrogens is 941 g/mol. The molecule has 0 saturated carbocycles. The van der Waals surface area contributed by atoms with E-state index in [-0.39, 0.29) is 12.2 Å². The third-order valence-electron chi connectivity index (χ3n) is 12.0. The monoisotopic (exact) mass is 994 g/mol. The fraction of sp³-hybridized carbons (Fsp3) is 0.200. The lowest BCUT2D eigenvalue weighted by atomic mass is 10.1. The van der Waals surface area contributed by atoms with E-state index in [0.29, 0.717) is 0 Å². The summed E-state index contributed by atoms with van der Waals surface area (Å²) in [6.45, 7) is 6.26. The number of benzene rings is 5. The van der Waals surface area contributed by atoms with Crippen LogP contribution in [0.25, 0.3) is 67.7 Å². The van der Waals surface area contributed by atoms with Crippen molar-refractivity contribution >= 4 is 84.4 Å². The van der Waals surface area contributed by atoms with Crippen molar-refractivity contribution in [1.82, 2.24) is 0 Å². The van der Waals surface area contributed by atoms with E-state index >= 15 is 0 Å². The van der Waals surface area contributed by atoms with E-state index in [1.165, 1.54) is 80.3 Å². The number of rotatable bonds is 23. The maximum absolute atomic E-state index is 10.8. The number of nitriles is 1. The standard InChI is InChI=1S/C60H54N2O4S4/c1-3-5-7-9-35-64-50-27-17-44(18-28-50)56-33-31-54(68-56)42-11-21-47(22-12-42)62(49-25-15-46(16-26-49)58-39-60-59(70-58)38-53(67-60)37-52(40-61)66-41-63)48-23-13-43(14-24-48)55-32-34-57(69-55)45-19-29-51(30-20-45)65-36-10-8-6-4-2/h11-34,37-39,41H,3-10,35-36H2,1-2H3/b52-37+. The number of hydrogen-bond donors (Lipinski definition) is 0. The van der Waals surface area contributed by atoms with Crippen molar-refractivity contribution < 1.29 is 19.0 Å². The number of nitrogens with zero attached hydrogens (tertiary/aromatic N) is 2. The van der Waals surface area contributed by atoms with Gasteiger partial charge >= 0.3 is 0 Å². The van der Waals surface area contributed by atoms with Gasteiger partial charge in [0, 0.05) is 61.8 Å². The lowest BCUT2D eigenvalue weighted by Crippen LogP contribution is -2.09. The van der Waals surface area contributed by atoms with Gasteiger partial charge in [0.25, 0.3) is 6.47 Å². The molecule has 0 radical (unpaired) electrons. The first kappa shape index (κ1) is 48.3. The number of anilines is 3. The summed E-state index contributed by atoms with van der Waals surface area (Å²) in [5, 5.41) is 9.31. The first-order chi connectivity index (χ1) is 34.5. The predicted molar refractivity (Wildman–Crippen MR) is 297 cm³/mol. The molecule has 0 N–H and O–H groups in total. The summed E-state index contributed by atoms with van der Waals surface area (Å²) in [5.41, 5.74) is 9.02. The van der Waals surface area contributed by atoms with Crippen molar-refractivity contribution in [2.24, 2.45) is 0 Å². The first-order valence-electron chi connectivity index (χ1n) is 24.0. The molecule has 9 rings (SSSR count). The molecule has 6 nitrogen and oxygen atoms in total. The van der Waals surface area contributed by atoms with Crippen LogP contribution >= 0.6 is 45.3 Å². The Morgan fingerprint density at radius 2 is 0.886 bits per heavy atom. The molecular formula is C60H54N2O4S4. The highest BCUT2D eigenvalue weighted by Crippen LogP contribution is 2.43. The van der Waals surface area contributed by atoms with Crippen LogP contribution in [0.15, 0.2) is 163 Å². The van der Waals surface area contributed by atoms with Gasteiger partial charge in [0.1, 0.15) is 17.6 Å². The smallest absolute Gasteiger partial charge is 0.299 e. The van der Waals surface area contributed by atoms with Gasteiger partial charge in [-0.1, -0.05) is 88.8 Å². The fourth-order valence-corrected chi connectivity index (χ4v) is 12.7. The third-order valence-corrected chi connectivity index (χ3v) is 16.7. The number of fused-ring (bicyclic) bond motifs is 1. The summed E-state index contributed by atoms with van der Waals surface area (Å²) in [6, 6.07) is 58.5. The molecule has 0 atom stereocenters. The molecule has 0 amide bonds. The lowest BCUT2D eigenvalue weighted by Gasteiger charge is -2.26. The van der Waals surface area contributed by atoms with Gasteiger partial charge in [0.2, 0.25) is 5.76 Å². The molecule has 0 aliphatic heterocycles. The van der Waals surface area contributed by atoms with Gasteiger partial charge in [-0.2, -0.15) is 5.26 Å². The maximum Gasteiger partial charge on any atom is 0.299 e. The second-order valence-electron chi connectivity index (χ2n) is 17.0. The van der Waals surface area contributed by atoms with E-state index < -0.39 is 0 Å². The van der Waals surface area contributed by atoms with Gasteiger partial charge in [-0.15, -0.1) is 45.3 Å². The molecule has 10 heteroatoms. The minimum Gasteiger partial charge on any atom is -0.494 e. The van der Waals surface area contributed by atoms with Crippen LogP contribution in [-0.4, -0.2) is 19.7 Å². The van der Waals surface area contributed by atoms with Crippen molar-refractivity contribution in [2.75, 3.05) is 18.1 Å². The van der Waals surface area contributed by atoms with E-state index in [4.69, 9.17) is 14.2 Å². The highest BCUT2D eigenvalue weighted by Gasteiger charge is 2.17. The molecule has 5 aromatic carbocycles. The van der Waals surface area contributed by atoms with E-state index in [1.807, 2.05) is 12.1 Å². The number of allylic oxidation sites excluding steroid dienone is 1.